The second kappa shape index (κ2) is 6.68. The van der Waals surface area contributed by atoms with Crippen LogP contribution in [0.5, 0.6) is 0 Å². The predicted molar refractivity (Wildman–Crippen MR) is 92.6 cm³/mol. The van der Waals surface area contributed by atoms with E-state index < -0.39 is 11.5 Å². The highest BCUT2D eigenvalue weighted by Crippen LogP contribution is 2.17. The van der Waals surface area contributed by atoms with Crippen LogP contribution in [0.2, 0.25) is 0 Å². The SMILES string of the molecule is Cc1cc(C)n(Cc2ccc(C(=O)NC3(C(=O)O)CCNC3)cc2)n1. The van der Waals surface area contributed by atoms with Crippen LogP contribution in [0, 0.1) is 13.8 Å². The van der Waals surface area contributed by atoms with E-state index in [0.29, 0.717) is 25.1 Å². The molecule has 1 fully saturated rings. The summed E-state index contributed by atoms with van der Waals surface area (Å²) in [6.45, 7) is 5.40. The zero-order valence-electron chi connectivity index (χ0n) is 14.4. The van der Waals surface area contributed by atoms with Gasteiger partial charge in [0.1, 0.15) is 0 Å². The predicted octanol–water partition coefficient (Wildman–Crippen LogP) is 1.09. The number of nitrogens with zero attached hydrogens (tertiary/aromatic N) is 2. The first kappa shape index (κ1) is 17.2. The minimum Gasteiger partial charge on any atom is -0.479 e. The van der Waals surface area contributed by atoms with E-state index in [1.807, 2.05) is 36.7 Å². The molecule has 1 amide bonds. The van der Waals surface area contributed by atoms with Gasteiger partial charge in [0.15, 0.2) is 5.54 Å². The highest BCUT2D eigenvalue weighted by Gasteiger charge is 2.42. The topological polar surface area (TPSA) is 96.2 Å². The van der Waals surface area contributed by atoms with Gasteiger partial charge in [0.2, 0.25) is 0 Å². The molecule has 0 aliphatic carbocycles. The Morgan fingerprint density at radius 1 is 1.32 bits per heavy atom. The van der Waals surface area contributed by atoms with Gasteiger partial charge in [-0.15, -0.1) is 0 Å². The quantitative estimate of drug-likeness (QED) is 0.756. The Hall–Kier alpha value is -2.67. The summed E-state index contributed by atoms with van der Waals surface area (Å²) in [5, 5.41) is 19.5. The normalized spacial score (nSPS) is 19.8. The molecule has 1 aliphatic heterocycles. The number of carboxylic acids is 1. The van der Waals surface area contributed by atoms with Gasteiger partial charge in [-0.3, -0.25) is 9.48 Å². The lowest BCUT2D eigenvalue weighted by molar-refractivity contribution is -0.143. The fourth-order valence-electron chi connectivity index (χ4n) is 3.09. The van der Waals surface area contributed by atoms with Crippen LogP contribution < -0.4 is 10.6 Å². The van der Waals surface area contributed by atoms with Crippen LogP contribution in [0.1, 0.15) is 33.7 Å². The molecule has 2 aromatic rings. The zero-order valence-corrected chi connectivity index (χ0v) is 14.4. The number of aliphatic carboxylic acids is 1. The number of hydrogen-bond donors (Lipinski definition) is 3. The van der Waals surface area contributed by atoms with Crippen LogP contribution in [-0.4, -0.2) is 45.4 Å². The molecule has 1 saturated heterocycles. The number of rotatable bonds is 5. The molecule has 1 aliphatic rings. The van der Waals surface area contributed by atoms with Crippen LogP contribution >= 0.6 is 0 Å². The van der Waals surface area contributed by atoms with E-state index in [2.05, 4.69) is 15.7 Å². The van der Waals surface area contributed by atoms with E-state index in [9.17, 15) is 14.7 Å². The van der Waals surface area contributed by atoms with E-state index in [0.717, 1.165) is 17.0 Å². The Morgan fingerprint density at radius 3 is 2.56 bits per heavy atom. The van der Waals surface area contributed by atoms with Crippen molar-refractivity contribution in [2.24, 2.45) is 0 Å². The molecule has 0 spiro atoms. The lowest BCUT2D eigenvalue weighted by Gasteiger charge is -2.24. The van der Waals surface area contributed by atoms with Gasteiger partial charge in [-0.1, -0.05) is 12.1 Å². The number of carboxylic acid groups (broad SMARTS) is 1. The Kier molecular flexibility index (Phi) is 4.59. The second-order valence-corrected chi connectivity index (χ2v) is 6.55. The van der Waals surface area contributed by atoms with Gasteiger partial charge in [0, 0.05) is 17.8 Å². The van der Waals surface area contributed by atoms with Crippen molar-refractivity contribution in [3.63, 3.8) is 0 Å². The number of benzene rings is 1. The molecule has 1 atom stereocenters. The van der Waals surface area contributed by atoms with Crippen molar-refractivity contribution < 1.29 is 14.7 Å². The molecular weight excluding hydrogens is 320 g/mol. The number of aryl methyl sites for hydroxylation is 2. The van der Waals surface area contributed by atoms with Crippen molar-refractivity contribution in [2.75, 3.05) is 13.1 Å². The third-order valence-corrected chi connectivity index (χ3v) is 4.57. The van der Waals surface area contributed by atoms with E-state index in [1.54, 1.807) is 12.1 Å². The summed E-state index contributed by atoms with van der Waals surface area (Å²) in [5.74, 6) is -1.38. The van der Waals surface area contributed by atoms with Gasteiger partial charge in [0.25, 0.3) is 5.91 Å². The number of carbonyl (C=O) groups is 2. The Balaban J connectivity index is 1.70. The molecular formula is C18H22N4O3. The summed E-state index contributed by atoms with van der Waals surface area (Å²) in [5.41, 5.74) is 2.30. The molecule has 1 aromatic heterocycles. The summed E-state index contributed by atoms with van der Waals surface area (Å²) in [4.78, 5) is 23.9. The summed E-state index contributed by atoms with van der Waals surface area (Å²) in [6, 6.07) is 9.18. The van der Waals surface area contributed by atoms with Crippen LogP contribution in [0.4, 0.5) is 0 Å². The number of aromatic nitrogens is 2. The van der Waals surface area contributed by atoms with Crippen LogP contribution in [0.25, 0.3) is 0 Å². The lowest BCUT2D eigenvalue weighted by atomic mass is 9.98. The van der Waals surface area contributed by atoms with E-state index in [-0.39, 0.29) is 12.5 Å². The molecule has 1 aromatic carbocycles. The van der Waals surface area contributed by atoms with Crippen molar-refractivity contribution in [1.82, 2.24) is 20.4 Å². The zero-order chi connectivity index (χ0) is 18.0. The molecule has 3 rings (SSSR count). The lowest BCUT2D eigenvalue weighted by Crippen LogP contribution is -2.56. The van der Waals surface area contributed by atoms with E-state index >= 15 is 0 Å². The molecule has 2 heterocycles. The fourth-order valence-corrected chi connectivity index (χ4v) is 3.09. The van der Waals surface area contributed by atoms with Gasteiger partial charge in [-0.25, -0.2) is 4.79 Å². The third kappa shape index (κ3) is 3.56. The highest BCUT2D eigenvalue weighted by atomic mass is 16.4. The molecule has 0 radical (unpaired) electrons. The molecule has 0 bridgehead atoms. The molecule has 132 valence electrons. The van der Waals surface area contributed by atoms with Gasteiger partial charge >= 0.3 is 5.97 Å². The van der Waals surface area contributed by atoms with Crippen molar-refractivity contribution >= 4 is 11.9 Å². The fraction of sp³-hybridized carbons (Fsp3) is 0.389. The molecule has 7 nitrogen and oxygen atoms in total. The first-order valence-corrected chi connectivity index (χ1v) is 8.26. The third-order valence-electron chi connectivity index (χ3n) is 4.57. The van der Waals surface area contributed by atoms with Gasteiger partial charge in [-0.2, -0.15) is 5.10 Å². The molecule has 3 N–H and O–H groups in total. The number of nitrogens with one attached hydrogen (secondary N) is 2. The summed E-state index contributed by atoms with van der Waals surface area (Å²) in [7, 11) is 0. The maximum absolute atomic E-state index is 12.4. The number of hydrogen-bond acceptors (Lipinski definition) is 4. The summed E-state index contributed by atoms with van der Waals surface area (Å²) in [6.07, 6.45) is 0.379. The summed E-state index contributed by atoms with van der Waals surface area (Å²) < 4.78 is 1.91. The van der Waals surface area contributed by atoms with E-state index in [1.165, 1.54) is 0 Å². The first-order valence-electron chi connectivity index (χ1n) is 8.26. The van der Waals surface area contributed by atoms with E-state index in [4.69, 9.17) is 0 Å². The van der Waals surface area contributed by atoms with Crippen LogP contribution in [0.3, 0.4) is 0 Å². The van der Waals surface area contributed by atoms with Crippen molar-refractivity contribution in [3.8, 4) is 0 Å². The molecule has 0 saturated carbocycles. The monoisotopic (exact) mass is 342 g/mol. The van der Waals surface area contributed by atoms with Crippen molar-refractivity contribution in [3.05, 3.63) is 52.8 Å². The smallest absolute Gasteiger partial charge is 0.330 e. The van der Waals surface area contributed by atoms with Gasteiger partial charge in [0.05, 0.1) is 12.2 Å². The first-order chi connectivity index (χ1) is 11.9. The van der Waals surface area contributed by atoms with Gasteiger partial charge < -0.3 is 15.7 Å². The average Bonchev–Trinajstić information content (AvgIpc) is 3.16. The maximum atomic E-state index is 12.4. The Labute approximate surface area is 146 Å². The molecule has 7 heteroatoms. The Bertz CT molecular complexity index is 789. The highest BCUT2D eigenvalue weighted by molar-refractivity contribution is 5.98. The van der Waals surface area contributed by atoms with Crippen LogP contribution in [-0.2, 0) is 11.3 Å². The van der Waals surface area contributed by atoms with Gasteiger partial charge in [-0.05, 0) is 50.6 Å². The Morgan fingerprint density at radius 2 is 2.04 bits per heavy atom. The largest absolute Gasteiger partial charge is 0.479 e. The summed E-state index contributed by atoms with van der Waals surface area (Å²) >= 11 is 0. The van der Waals surface area contributed by atoms with Crippen molar-refractivity contribution in [2.45, 2.75) is 32.4 Å². The number of carbonyl (C=O) groups excluding carboxylic acids is 1. The minimum atomic E-state index is -1.22. The second-order valence-electron chi connectivity index (χ2n) is 6.55. The number of amides is 1. The van der Waals surface area contributed by atoms with Crippen molar-refractivity contribution in [1.29, 1.82) is 0 Å². The van der Waals surface area contributed by atoms with Crippen LogP contribution in [0.15, 0.2) is 30.3 Å². The maximum Gasteiger partial charge on any atom is 0.330 e. The standard InChI is InChI=1S/C18H22N4O3/c1-12-9-13(2)22(21-12)10-14-3-5-15(6-4-14)16(23)20-18(17(24)25)7-8-19-11-18/h3-6,9,19H,7-8,10-11H2,1-2H3,(H,20,23)(H,24,25). The molecule has 1 unspecified atom stereocenters. The molecule has 25 heavy (non-hydrogen) atoms. The minimum absolute atomic E-state index is 0.240. The average molecular weight is 342 g/mol.